The SMILES string of the molecule is CCNC(C)c1cnc(N2CCc3ccccc3CC2)s1. The second kappa shape index (κ2) is 6.58. The number of thiazole rings is 1. The van der Waals surface area contributed by atoms with E-state index in [1.165, 1.54) is 21.1 Å². The van der Waals surface area contributed by atoms with Crippen LogP contribution >= 0.6 is 11.3 Å². The van der Waals surface area contributed by atoms with Crippen LogP contribution in [0.3, 0.4) is 0 Å². The Balaban J connectivity index is 1.71. The third-order valence-electron chi connectivity index (χ3n) is 4.14. The molecule has 1 aliphatic heterocycles. The first-order chi connectivity index (χ1) is 10.3. The van der Waals surface area contributed by atoms with Crippen molar-refractivity contribution in [3.63, 3.8) is 0 Å². The standard InChI is InChI=1S/C17H23N3S/c1-3-18-13(2)16-12-19-17(21-16)20-10-8-14-6-4-5-7-15(14)9-11-20/h4-7,12-13,18H,3,8-11H2,1-2H3. The third-order valence-corrected chi connectivity index (χ3v) is 5.38. The molecule has 0 saturated carbocycles. The molecule has 2 heterocycles. The molecule has 0 fully saturated rings. The first-order valence-electron chi connectivity index (χ1n) is 7.78. The summed E-state index contributed by atoms with van der Waals surface area (Å²) in [4.78, 5) is 8.42. The van der Waals surface area contributed by atoms with Gasteiger partial charge in [0, 0.05) is 30.2 Å². The van der Waals surface area contributed by atoms with Crippen LogP contribution in [0.2, 0.25) is 0 Å². The van der Waals surface area contributed by atoms with Crippen LogP contribution in [0, 0.1) is 0 Å². The van der Waals surface area contributed by atoms with Gasteiger partial charge in [0.2, 0.25) is 0 Å². The zero-order valence-corrected chi connectivity index (χ0v) is 13.6. The van der Waals surface area contributed by atoms with Crippen molar-refractivity contribution >= 4 is 16.5 Å². The lowest BCUT2D eigenvalue weighted by atomic mass is 10.0. The maximum atomic E-state index is 4.65. The molecule has 0 aliphatic carbocycles. The first-order valence-corrected chi connectivity index (χ1v) is 8.60. The highest BCUT2D eigenvalue weighted by Crippen LogP contribution is 2.28. The smallest absolute Gasteiger partial charge is 0.185 e. The molecule has 2 aromatic rings. The lowest BCUT2D eigenvalue weighted by Crippen LogP contribution is -2.25. The third kappa shape index (κ3) is 3.27. The zero-order valence-electron chi connectivity index (χ0n) is 12.8. The van der Waals surface area contributed by atoms with Gasteiger partial charge in [0.15, 0.2) is 5.13 Å². The number of hydrogen-bond acceptors (Lipinski definition) is 4. The molecular formula is C17H23N3S. The van der Waals surface area contributed by atoms with Gasteiger partial charge >= 0.3 is 0 Å². The van der Waals surface area contributed by atoms with E-state index < -0.39 is 0 Å². The maximum Gasteiger partial charge on any atom is 0.185 e. The van der Waals surface area contributed by atoms with E-state index in [2.05, 4.69) is 53.3 Å². The Morgan fingerprint density at radius 3 is 2.52 bits per heavy atom. The molecule has 4 heteroatoms. The number of anilines is 1. The van der Waals surface area contributed by atoms with Gasteiger partial charge in [0.1, 0.15) is 0 Å². The summed E-state index contributed by atoms with van der Waals surface area (Å²) in [5, 5.41) is 4.63. The summed E-state index contributed by atoms with van der Waals surface area (Å²) < 4.78 is 0. The van der Waals surface area contributed by atoms with Crippen LogP contribution < -0.4 is 10.2 Å². The number of rotatable bonds is 4. The second-order valence-corrected chi connectivity index (χ2v) is 6.62. The van der Waals surface area contributed by atoms with Crippen molar-refractivity contribution in [3.05, 3.63) is 46.5 Å². The van der Waals surface area contributed by atoms with Crippen molar-refractivity contribution in [2.45, 2.75) is 32.7 Å². The zero-order chi connectivity index (χ0) is 14.7. The van der Waals surface area contributed by atoms with Crippen molar-refractivity contribution in [2.75, 3.05) is 24.5 Å². The maximum absolute atomic E-state index is 4.65. The summed E-state index contributed by atoms with van der Waals surface area (Å²) in [7, 11) is 0. The molecule has 112 valence electrons. The van der Waals surface area contributed by atoms with Gasteiger partial charge in [0.25, 0.3) is 0 Å². The lowest BCUT2D eigenvalue weighted by molar-refractivity contribution is 0.606. The Morgan fingerprint density at radius 1 is 1.24 bits per heavy atom. The molecule has 1 aliphatic rings. The van der Waals surface area contributed by atoms with Gasteiger partial charge in [-0.05, 0) is 37.4 Å². The van der Waals surface area contributed by atoms with E-state index in [0.717, 1.165) is 32.5 Å². The van der Waals surface area contributed by atoms with Gasteiger partial charge in [-0.25, -0.2) is 4.98 Å². The Kier molecular flexibility index (Phi) is 4.56. The number of aromatic nitrogens is 1. The summed E-state index contributed by atoms with van der Waals surface area (Å²) in [5.41, 5.74) is 3.00. The van der Waals surface area contributed by atoms with Crippen molar-refractivity contribution in [3.8, 4) is 0 Å². The highest BCUT2D eigenvalue weighted by molar-refractivity contribution is 7.15. The molecular weight excluding hydrogens is 278 g/mol. The Bertz CT molecular complexity index is 566. The minimum Gasteiger partial charge on any atom is -0.347 e. The lowest BCUT2D eigenvalue weighted by Gasteiger charge is -2.18. The highest BCUT2D eigenvalue weighted by Gasteiger charge is 2.17. The van der Waals surface area contributed by atoms with E-state index in [4.69, 9.17) is 0 Å². The van der Waals surface area contributed by atoms with Crippen LogP contribution in [-0.2, 0) is 12.8 Å². The number of nitrogens with zero attached hydrogens (tertiary/aromatic N) is 2. The Hall–Kier alpha value is -1.39. The van der Waals surface area contributed by atoms with Crippen molar-refractivity contribution < 1.29 is 0 Å². The normalized spacial score (nSPS) is 16.4. The average Bonchev–Trinajstić information content (AvgIpc) is 2.89. The highest BCUT2D eigenvalue weighted by atomic mass is 32.1. The first kappa shape index (κ1) is 14.5. The molecule has 1 N–H and O–H groups in total. The summed E-state index contributed by atoms with van der Waals surface area (Å²) in [6.07, 6.45) is 4.27. The molecule has 1 aromatic carbocycles. The minimum absolute atomic E-state index is 0.394. The summed E-state index contributed by atoms with van der Waals surface area (Å²) in [5.74, 6) is 0. The minimum atomic E-state index is 0.394. The van der Waals surface area contributed by atoms with Crippen molar-refractivity contribution in [1.82, 2.24) is 10.3 Å². The predicted octanol–water partition coefficient (Wildman–Crippen LogP) is 3.42. The van der Waals surface area contributed by atoms with Gasteiger partial charge in [-0.15, -0.1) is 11.3 Å². The number of benzene rings is 1. The second-order valence-electron chi connectivity index (χ2n) is 5.58. The van der Waals surface area contributed by atoms with Gasteiger partial charge in [-0.2, -0.15) is 0 Å². The van der Waals surface area contributed by atoms with E-state index in [-0.39, 0.29) is 0 Å². The molecule has 21 heavy (non-hydrogen) atoms. The number of fused-ring (bicyclic) bond motifs is 1. The Morgan fingerprint density at radius 2 is 1.90 bits per heavy atom. The predicted molar refractivity (Wildman–Crippen MR) is 90.3 cm³/mol. The van der Waals surface area contributed by atoms with Crippen molar-refractivity contribution in [1.29, 1.82) is 0 Å². The van der Waals surface area contributed by atoms with E-state index in [1.54, 1.807) is 0 Å². The monoisotopic (exact) mass is 301 g/mol. The molecule has 1 atom stereocenters. The molecule has 0 bridgehead atoms. The summed E-state index contributed by atoms with van der Waals surface area (Å²) in [6.45, 7) is 7.48. The average molecular weight is 301 g/mol. The van der Waals surface area contributed by atoms with Gasteiger partial charge in [0.05, 0.1) is 0 Å². The van der Waals surface area contributed by atoms with Crippen LogP contribution in [0.4, 0.5) is 5.13 Å². The van der Waals surface area contributed by atoms with Crippen LogP contribution in [-0.4, -0.2) is 24.6 Å². The largest absolute Gasteiger partial charge is 0.347 e. The van der Waals surface area contributed by atoms with E-state index in [0.29, 0.717) is 6.04 Å². The van der Waals surface area contributed by atoms with Crippen LogP contribution in [0.5, 0.6) is 0 Å². The molecule has 0 radical (unpaired) electrons. The van der Waals surface area contributed by atoms with Crippen LogP contribution in [0.15, 0.2) is 30.5 Å². The van der Waals surface area contributed by atoms with Crippen LogP contribution in [0.1, 0.15) is 35.9 Å². The van der Waals surface area contributed by atoms with Crippen LogP contribution in [0.25, 0.3) is 0 Å². The molecule has 1 unspecified atom stereocenters. The molecule has 0 amide bonds. The quantitative estimate of drug-likeness (QED) is 0.938. The fourth-order valence-electron chi connectivity index (χ4n) is 2.89. The summed E-state index contributed by atoms with van der Waals surface area (Å²) in [6, 6.07) is 9.21. The van der Waals surface area contributed by atoms with E-state index >= 15 is 0 Å². The van der Waals surface area contributed by atoms with E-state index in [1.807, 2.05) is 17.5 Å². The molecule has 3 rings (SSSR count). The number of nitrogens with one attached hydrogen (secondary N) is 1. The molecule has 0 spiro atoms. The van der Waals surface area contributed by atoms with Crippen molar-refractivity contribution in [2.24, 2.45) is 0 Å². The topological polar surface area (TPSA) is 28.2 Å². The van der Waals surface area contributed by atoms with E-state index in [9.17, 15) is 0 Å². The fraction of sp³-hybridized carbons (Fsp3) is 0.471. The fourth-order valence-corrected chi connectivity index (χ4v) is 3.88. The van der Waals surface area contributed by atoms with Gasteiger partial charge < -0.3 is 10.2 Å². The van der Waals surface area contributed by atoms with Gasteiger partial charge in [-0.3, -0.25) is 0 Å². The molecule has 1 aromatic heterocycles. The molecule has 0 saturated heterocycles. The molecule has 3 nitrogen and oxygen atoms in total. The number of hydrogen-bond donors (Lipinski definition) is 1. The van der Waals surface area contributed by atoms with Gasteiger partial charge in [-0.1, -0.05) is 31.2 Å². The summed E-state index contributed by atoms with van der Waals surface area (Å²) >= 11 is 1.83. The Labute approximate surface area is 131 Å².